The molecule has 28 heavy (non-hydrogen) atoms. The number of methoxy groups -OCH3 is 1. The number of carboxylic acid groups (broad SMARTS) is 1. The first-order valence-electron chi connectivity index (χ1n) is 9.53. The summed E-state index contributed by atoms with van der Waals surface area (Å²) in [5, 5.41) is 20.3. The number of carboxylic acids is 1. The van der Waals surface area contributed by atoms with Gasteiger partial charge in [0.05, 0.1) is 7.11 Å². The van der Waals surface area contributed by atoms with E-state index in [1.165, 1.54) is 0 Å². The van der Waals surface area contributed by atoms with Crippen LogP contribution in [0.15, 0.2) is 42.6 Å². The van der Waals surface area contributed by atoms with Crippen molar-refractivity contribution in [2.75, 3.05) is 7.11 Å². The molecule has 1 heterocycles. The Labute approximate surface area is 166 Å². The number of nitrogens with two attached hydrogens (primary N) is 1. The molecule has 0 saturated carbocycles. The van der Waals surface area contributed by atoms with Gasteiger partial charge in [-0.05, 0) is 54.5 Å². The third-order valence-corrected chi connectivity index (χ3v) is 4.92. The molecule has 0 aliphatic carbocycles. The lowest BCUT2D eigenvalue weighted by atomic mass is 9.84. The van der Waals surface area contributed by atoms with Crippen LogP contribution in [0.1, 0.15) is 37.1 Å². The van der Waals surface area contributed by atoms with Gasteiger partial charge in [-0.25, -0.2) is 4.79 Å². The lowest BCUT2D eigenvalue weighted by Gasteiger charge is -2.30. The van der Waals surface area contributed by atoms with E-state index in [0.717, 1.165) is 29.7 Å². The number of carbonyl (C=O) groups is 1. The summed E-state index contributed by atoms with van der Waals surface area (Å²) in [6.45, 7) is 3.89. The van der Waals surface area contributed by atoms with E-state index in [2.05, 4.69) is 4.98 Å². The Morgan fingerprint density at radius 2 is 1.96 bits per heavy atom. The second-order valence-electron chi connectivity index (χ2n) is 7.61. The van der Waals surface area contributed by atoms with Crippen LogP contribution in [0.5, 0.6) is 5.75 Å². The Balaban J connectivity index is 2.14. The molecule has 1 aromatic carbocycles. The number of hydrogen-bond acceptors (Lipinski definition) is 5. The molecule has 0 aliphatic rings. The average Bonchev–Trinajstić information content (AvgIpc) is 2.66. The van der Waals surface area contributed by atoms with Crippen LogP contribution in [0, 0.1) is 5.92 Å². The molecule has 6 heteroatoms. The van der Waals surface area contributed by atoms with Crippen LogP contribution in [0.3, 0.4) is 0 Å². The number of aromatic nitrogens is 1. The lowest BCUT2D eigenvalue weighted by Crippen LogP contribution is -2.56. The van der Waals surface area contributed by atoms with Gasteiger partial charge in [-0.1, -0.05) is 32.0 Å². The fourth-order valence-corrected chi connectivity index (χ4v) is 3.31. The van der Waals surface area contributed by atoms with E-state index in [9.17, 15) is 15.0 Å². The summed E-state index contributed by atoms with van der Waals surface area (Å²) in [5.41, 5.74) is 6.62. The van der Waals surface area contributed by atoms with Crippen LogP contribution in [0.4, 0.5) is 0 Å². The maximum Gasteiger partial charge on any atom is 0.337 e. The Morgan fingerprint density at radius 1 is 1.25 bits per heavy atom. The molecule has 2 atom stereocenters. The van der Waals surface area contributed by atoms with E-state index >= 15 is 0 Å². The molecule has 2 aromatic rings. The van der Waals surface area contributed by atoms with Gasteiger partial charge >= 0.3 is 5.97 Å². The number of nitrogens with zero attached hydrogens (tertiary/aromatic N) is 1. The van der Waals surface area contributed by atoms with Crippen LogP contribution in [-0.4, -0.2) is 39.9 Å². The Bertz CT molecular complexity index is 794. The zero-order valence-electron chi connectivity index (χ0n) is 16.8. The van der Waals surface area contributed by atoms with Crippen molar-refractivity contribution in [2.24, 2.45) is 11.7 Å². The summed E-state index contributed by atoms with van der Waals surface area (Å²) in [7, 11) is 1.65. The minimum atomic E-state index is -2.04. The van der Waals surface area contributed by atoms with E-state index in [-0.39, 0.29) is 12.3 Å². The van der Waals surface area contributed by atoms with Crippen LogP contribution in [0.25, 0.3) is 0 Å². The van der Waals surface area contributed by atoms with Crippen molar-refractivity contribution in [1.29, 1.82) is 0 Å². The van der Waals surface area contributed by atoms with E-state index < -0.39 is 17.6 Å². The van der Waals surface area contributed by atoms with Gasteiger partial charge in [-0.3, -0.25) is 4.98 Å². The average molecular weight is 386 g/mol. The van der Waals surface area contributed by atoms with Gasteiger partial charge in [0.15, 0.2) is 5.60 Å². The first-order valence-corrected chi connectivity index (χ1v) is 9.53. The zero-order chi connectivity index (χ0) is 20.7. The van der Waals surface area contributed by atoms with E-state index in [4.69, 9.17) is 10.5 Å². The number of aliphatic carboxylic acids is 1. The van der Waals surface area contributed by atoms with E-state index in [0.29, 0.717) is 12.1 Å². The number of rotatable bonds is 10. The van der Waals surface area contributed by atoms with Crippen molar-refractivity contribution in [3.8, 4) is 5.75 Å². The van der Waals surface area contributed by atoms with Gasteiger partial charge in [0.1, 0.15) is 5.75 Å². The van der Waals surface area contributed by atoms with Crippen LogP contribution < -0.4 is 10.5 Å². The Kier molecular flexibility index (Phi) is 7.54. The van der Waals surface area contributed by atoms with E-state index in [1.54, 1.807) is 13.3 Å². The summed E-state index contributed by atoms with van der Waals surface area (Å²) in [4.78, 5) is 16.0. The fourth-order valence-electron chi connectivity index (χ4n) is 3.31. The summed E-state index contributed by atoms with van der Waals surface area (Å²) in [6, 6.07) is 10.7. The van der Waals surface area contributed by atoms with Crippen molar-refractivity contribution < 1.29 is 19.7 Å². The standard InChI is InChI=1S/C22H30N2O4/c1-15(2)12-20(23)22(27,21(25)26)14-18-13-16(10-11-24-18)8-9-17-6-4-5-7-19(17)28-3/h4-7,10-11,13,15,20,27H,8-9,12,14,23H2,1-3H3,(H,25,26). The number of ether oxygens (including phenoxy) is 1. The smallest absolute Gasteiger partial charge is 0.337 e. The molecular formula is C22H30N2O4. The molecule has 0 aliphatic heterocycles. The summed E-state index contributed by atoms with van der Waals surface area (Å²) in [6.07, 6.45) is 3.46. The SMILES string of the molecule is COc1ccccc1CCc1ccnc(CC(O)(C(=O)O)C(N)CC(C)C)c1. The molecule has 152 valence electrons. The van der Waals surface area contributed by atoms with Gasteiger partial charge in [0.2, 0.25) is 0 Å². The highest BCUT2D eigenvalue weighted by Crippen LogP contribution is 2.23. The molecule has 4 N–H and O–H groups in total. The highest BCUT2D eigenvalue weighted by molar-refractivity contribution is 5.78. The fraction of sp³-hybridized carbons (Fsp3) is 0.455. The van der Waals surface area contributed by atoms with Crippen molar-refractivity contribution in [2.45, 2.75) is 51.2 Å². The number of hydrogen-bond donors (Lipinski definition) is 3. The molecule has 2 unspecified atom stereocenters. The second kappa shape index (κ2) is 9.66. The normalized spacial score (nSPS) is 14.5. The Hall–Kier alpha value is -2.44. The van der Waals surface area contributed by atoms with Crippen LogP contribution in [0.2, 0.25) is 0 Å². The van der Waals surface area contributed by atoms with Crippen molar-refractivity contribution in [3.63, 3.8) is 0 Å². The highest BCUT2D eigenvalue weighted by atomic mass is 16.5. The molecule has 0 radical (unpaired) electrons. The molecule has 0 amide bonds. The van der Waals surface area contributed by atoms with Gasteiger partial charge in [0, 0.05) is 24.4 Å². The van der Waals surface area contributed by atoms with Gasteiger partial charge in [0.25, 0.3) is 0 Å². The summed E-state index contributed by atoms with van der Waals surface area (Å²) >= 11 is 0. The highest BCUT2D eigenvalue weighted by Gasteiger charge is 2.43. The number of pyridine rings is 1. The molecule has 6 nitrogen and oxygen atoms in total. The van der Waals surface area contributed by atoms with Crippen molar-refractivity contribution in [1.82, 2.24) is 4.98 Å². The topological polar surface area (TPSA) is 106 Å². The quantitative estimate of drug-likeness (QED) is 0.580. The maximum absolute atomic E-state index is 11.7. The second-order valence-corrected chi connectivity index (χ2v) is 7.61. The van der Waals surface area contributed by atoms with E-state index in [1.807, 2.05) is 50.2 Å². The summed E-state index contributed by atoms with van der Waals surface area (Å²) < 4.78 is 5.38. The predicted octanol–water partition coefficient (Wildman–Crippen LogP) is 2.61. The summed E-state index contributed by atoms with van der Waals surface area (Å²) in [5.74, 6) is -0.292. The molecule has 1 aromatic heterocycles. The molecule has 0 spiro atoms. The van der Waals surface area contributed by atoms with Gasteiger partial charge in [-0.2, -0.15) is 0 Å². The molecule has 0 saturated heterocycles. The maximum atomic E-state index is 11.7. The first-order chi connectivity index (χ1) is 13.3. The number of aliphatic hydroxyl groups is 1. The lowest BCUT2D eigenvalue weighted by molar-refractivity contribution is -0.161. The minimum absolute atomic E-state index is 0.126. The number of aryl methyl sites for hydroxylation is 2. The predicted molar refractivity (Wildman–Crippen MR) is 108 cm³/mol. The monoisotopic (exact) mass is 386 g/mol. The molecule has 2 rings (SSSR count). The molecular weight excluding hydrogens is 356 g/mol. The van der Waals surface area contributed by atoms with Crippen LogP contribution >= 0.6 is 0 Å². The number of benzene rings is 1. The van der Waals surface area contributed by atoms with Crippen LogP contribution in [-0.2, 0) is 24.1 Å². The van der Waals surface area contributed by atoms with Gasteiger partial charge < -0.3 is 20.7 Å². The van der Waals surface area contributed by atoms with Gasteiger partial charge in [-0.15, -0.1) is 0 Å². The largest absolute Gasteiger partial charge is 0.496 e. The Morgan fingerprint density at radius 3 is 2.61 bits per heavy atom. The molecule has 0 fully saturated rings. The third-order valence-electron chi connectivity index (χ3n) is 4.92. The minimum Gasteiger partial charge on any atom is -0.496 e. The zero-order valence-corrected chi connectivity index (χ0v) is 16.8. The van der Waals surface area contributed by atoms with Crippen molar-refractivity contribution in [3.05, 3.63) is 59.4 Å². The molecule has 0 bridgehead atoms. The third kappa shape index (κ3) is 5.53. The number of para-hydroxylation sites is 1. The van der Waals surface area contributed by atoms with Crippen molar-refractivity contribution >= 4 is 5.97 Å². The first kappa shape index (κ1) is 21.9.